The fraction of sp³-hybridized carbons (Fsp3) is 0.500. The van der Waals surface area contributed by atoms with E-state index in [-0.39, 0.29) is 17.9 Å². The van der Waals surface area contributed by atoms with Gasteiger partial charge in [0.2, 0.25) is 0 Å². The number of hydrogen-bond acceptors (Lipinski definition) is 2. The smallest absolute Gasteiger partial charge is 0.320 e. The molecule has 1 unspecified atom stereocenters. The Bertz CT molecular complexity index is 489. The Morgan fingerprint density at radius 1 is 1.47 bits per heavy atom. The third-order valence-corrected chi connectivity index (χ3v) is 3.82. The molecule has 1 aromatic rings. The van der Waals surface area contributed by atoms with Crippen LogP contribution in [0.3, 0.4) is 0 Å². The number of likely N-dealkylation sites (N-methyl/N-ethyl adjacent to an activating group) is 1. The van der Waals surface area contributed by atoms with Gasteiger partial charge >= 0.3 is 6.03 Å². The molecule has 0 saturated carbocycles. The molecule has 0 aliphatic carbocycles. The van der Waals surface area contributed by atoms with E-state index in [0.29, 0.717) is 13.1 Å². The van der Waals surface area contributed by atoms with Gasteiger partial charge < -0.3 is 15.5 Å². The lowest BCUT2D eigenvalue weighted by Crippen LogP contribution is -2.50. The topological polar surface area (TPSA) is 49.6 Å². The summed E-state index contributed by atoms with van der Waals surface area (Å²) in [7, 11) is 1.74. The highest BCUT2D eigenvalue weighted by atomic mass is 19.1. The maximum absolute atomic E-state index is 13.3. The average molecular weight is 265 g/mol. The summed E-state index contributed by atoms with van der Waals surface area (Å²) in [4.78, 5) is 15.7. The lowest BCUT2D eigenvalue weighted by Gasteiger charge is -2.33. The largest absolute Gasteiger partial charge is 0.328 e. The quantitative estimate of drug-likeness (QED) is 0.908. The number of rotatable bonds is 3. The third kappa shape index (κ3) is 2.42. The van der Waals surface area contributed by atoms with Crippen molar-refractivity contribution in [3.8, 4) is 0 Å². The number of carbonyl (C=O) groups is 1. The van der Waals surface area contributed by atoms with Gasteiger partial charge in [0.15, 0.2) is 0 Å². The van der Waals surface area contributed by atoms with Gasteiger partial charge in [-0.3, -0.25) is 0 Å². The maximum Gasteiger partial charge on any atom is 0.320 e. The molecule has 4 nitrogen and oxygen atoms in total. The van der Waals surface area contributed by atoms with E-state index in [0.717, 1.165) is 5.56 Å². The highest BCUT2D eigenvalue weighted by Crippen LogP contribution is 2.32. The van der Waals surface area contributed by atoms with Crippen LogP contribution in [0.5, 0.6) is 0 Å². The summed E-state index contributed by atoms with van der Waals surface area (Å²) in [6.45, 7) is 4.80. The van der Waals surface area contributed by atoms with E-state index >= 15 is 0 Å². The van der Waals surface area contributed by atoms with Crippen molar-refractivity contribution < 1.29 is 9.18 Å². The van der Waals surface area contributed by atoms with Crippen LogP contribution in [0.2, 0.25) is 0 Å². The second-order valence-corrected chi connectivity index (χ2v) is 5.59. The normalized spacial score (nSPS) is 20.3. The Labute approximate surface area is 113 Å². The Hall–Kier alpha value is -1.62. The summed E-state index contributed by atoms with van der Waals surface area (Å²) in [5.74, 6) is -0.283. The second kappa shape index (κ2) is 4.81. The minimum atomic E-state index is -0.395. The van der Waals surface area contributed by atoms with Gasteiger partial charge in [0.25, 0.3) is 0 Å². The summed E-state index contributed by atoms with van der Waals surface area (Å²) in [5.41, 5.74) is 6.15. The van der Waals surface area contributed by atoms with Crippen molar-refractivity contribution >= 4 is 6.03 Å². The number of nitrogens with zero attached hydrogens (tertiary/aromatic N) is 2. The SMILES string of the molecule is CN1C(=O)N(C(C)(C)CN)CC1c1cccc(F)c1. The van der Waals surface area contributed by atoms with Crippen molar-refractivity contribution in [3.05, 3.63) is 35.6 Å². The van der Waals surface area contributed by atoms with E-state index in [2.05, 4.69) is 0 Å². The molecule has 1 aliphatic heterocycles. The molecule has 1 atom stereocenters. The van der Waals surface area contributed by atoms with E-state index in [1.165, 1.54) is 12.1 Å². The monoisotopic (exact) mass is 265 g/mol. The first kappa shape index (κ1) is 13.8. The van der Waals surface area contributed by atoms with Crippen molar-refractivity contribution in [3.63, 3.8) is 0 Å². The van der Waals surface area contributed by atoms with E-state index in [1.807, 2.05) is 19.9 Å². The first-order valence-electron chi connectivity index (χ1n) is 6.37. The molecule has 2 amide bonds. The van der Waals surface area contributed by atoms with E-state index in [4.69, 9.17) is 5.73 Å². The van der Waals surface area contributed by atoms with Crippen LogP contribution in [0.4, 0.5) is 9.18 Å². The highest BCUT2D eigenvalue weighted by Gasteiger charge is 2.42. The number of amides is 2. The predicted octanol–water partition coefficient (Wildman–Crippen LogP) is 1.97. The highest BCUT2D eigenvalue weighted by molar-refractivity contribution is 5.78. The molecule has 1 aromatic carbocycles. The summed E-state index contributed by atoms with van der Waals surface area (Å²) < 4.78 is 13.3. The van der Waals surface area contributed by atoms with E-state index in [1.54, 1.807) is 22.9 Å². The van der Waals surface area contributed by atoms with Crippen molar-refractivity contribution in [1.82, 2.24) is 9.80 Å². The molecule has 2 N–H and O–H groups in total. The standard InChI is InChI=1S/C14H20FN3O/c1-14(2,9-16)18-8-12(17(3)13(18)19)10-5-4-6-11(15)7-10/h4-7,12H,8-9,16H2,1-3H3. The van der Waals surface area contributed by atoms with Gasteiger partial charge in [0.1, 0.15) is 5.82 Å². The van der Waals surface area contributed by atoms with Crippen molar-refractivity contribution in [1.29, 1.82) is 0 Å². The summed E-state index contributed by atoms with van der Waals surface area (Å²) in [5, 5.41) is 0. The molecule has 0 spiro atoms. The molecule has 0 bridgehead atoms. The molecule has 2 rings (SSSR count). The van der Waals surface area contributed by atoms with Gasteiger partial charge in [0.05, 0.1) is 11.6 Å². The second-order valence-electron chi connectivity index (χ2n) is 5.59. The number of nitrogens with two attached hydrogens (primary N) is 1. The zero-order valence-electron chi connectivity index (χ0n) is 11.6. The summed E-state index contributed by atoms with van der Waals surface area (Å²) >= 11 is 0. The fourth-order valence-corrected chi connectivity index (χ4v) is 2.36. The Morgan fingerprint density at radius 2 is 2.16 bits per heavy atom. The first-order valence-corrected chi connectivity index (χ1v) is 6.37. The molecule has 0 radical (unpaired) electrons. The molecular formula is C14H20FN3O. The van der Waals surface area contributed by atoms with Crippen molar-refractivity contribution in [2.45, 2.75) is 25.4 Å². The number of urea groups is 1. The molecule has 5 heteroatoms. The predicted molar refractivity (Wildman–Crippen MR) is 72.1 cm³/mol. The Kier molecular flexibility index (Phi) is 3.49. The number of carbonyl (C=O) groups excluding carboxylic acids is 1. The van der Waals surface area contributed by atoms with Crippen LogP contribution >= 0.6 is 0 Å². The van der Waals surface area contributed by atoms with Gasteiger partial charge in [-0.05, 0) is 31.5 Å². The maximum atomic E-state index is 13.3. The summed E-state index contributed by atoms with van der Waals surface area (Å²) in [6, 6.07) is 6.20. The van der Waals surface area contributed by atoms with Gasteiger partial charge in [0, 0.05) is 20.1 Å². The molecule has 1 saturated heterocycles. The summed E-state index contributed by atoms with van der Waals surface area (Å²) in [6.07, 6.45) is 0. The van der Waals surface area contributed by atoms with E-state index in [9.17, 15) is 9.18 Å². The van der Waals surface area contributed by atoms with Crippen LogP contribution < -0.4 is 5.73 Å². The van der Waals surface area contributed by atoms with Crippen LogP contribution in [0.25, 0.3) is 0 Å². The minimum absolute atomic E-state index is 0.0651. The lowest BCUT2D eigenvalue weighted by molar-refractivity contribution is 0.154. The minimum Gasteiger partial charge on any atom is -0.328 e. The van der Waals surface area contributed by atoms with E-state index < -0.39 is 5.54 Å². The van der Waals surface area contributed by atoms with Crippen LogP contribution in [-0.2, 0) is 0 Å². The van der Waals surface area contributed by atoms with Crippen LogP contribution in [-0.4, -0.2) is 41.5 Å². The molecule has 0 aromatic heterocycles. The fourth-order valence-electron chi connectivity index (χ4n) is 2.36. The molecule has 104 valence electrons. The van der Waals surface area contributed by atoms with Crippen LogP contribution in [0.1, 0.15) is 25.5 Å². The zero-order chi connectivity index (χ0) is 14.2. The van der Waals surface area contributed by atoms with Crippen LogP contribution in [0, 0.1) is 5.82 Å². The van der Waals surface area contributed by atoms with Gasteiger partial charge in [-0.25, -0.2) is 9.18 Å². The number of hydrogen-bond donors (Lipinski definition) is 1. The molecule has 1 aliphatic rings. The number of halogens is 1. The Morgan fingerprint density at radius 3 is 2.74 bits per heavy atom. The molecule has 1 fully saturated rings. The average Bonchev–Trinajstić information content (AvgIpc) is 2.67. The van der Waals surface area contributed by atoms with Crippen LogP contribution in [0.15, 0.2) is 24.3 Å². The van der Waals surface area contributed by atoms with Crippen molar-refractivity contribution in [2.75, 3.05) is 20.1 Å². The zero-order valence-corrected chi connectivity index (χ0v) is 11.6. The number of benzene rings is 1. The lowest BCUT2D eigenvalue weighted by atomic mass is 10.0. The third-order valence-electron chi connectivity index (χ3n) is 3.82. The molecule has 19 heavy (non-hydrogen) atoms. The molecule has 1 heterocycles. The van der Waals surface area contributed by atoms with Gasteiger partial charge in [-0.1, -0.05) is 12.1 Å². The molecular weight excluding hydrogens is 245 g/mol. The first-order chi connectivity index (χ1) is 8.86. The van der Waals surface area contributed by atoms with Gasteiger partial charge in [-0.15, -0.1) is 0 Å². The Balaban J connectivity index is 2.29. The van der Waals surface area contributed by atoms with Crippen molar-refractivity contribution in [2.24, 2.45) is 5.73 Å². The van der Waals surface area contributed by atoms with Gasteiger partial charge in [-0.2, -0.15) is 0 Å².